The lowest BCUT2D eigenvalue weighted by Gasteiger charge is -2.34. The summed E-state index contributed by atoms with van der Waals surface area (Å²) >= 11 is 0. The van der Waals surface area contributed by atoms with Gasteiger partial charge in [0.25, 0.3) is 5.91 Å². The minimum atomic E-state index is -1.14. The van der Waals surface area contributed by atoms with Gasteiger partial charge in [0.05, 0.1) is 0 Å². The van der Waals surface area contributed by atoms with Gasteiger partial charge in [0.1, 0.15) is 12.1 Å². The number of rotatable bonds is 4. The minimum absolute atomic E-state index is 0.102. The number of amides is 4. The Morgan fingerprint density at radius 3 is 2.56 bits per heavy atom. The maximum absolute atomic E-state index is 12.9. The number of benzene rings is 1. The predicted octanol–water partition coefficient (Wildman–Crippen LogP) is 2.70. The van der Waals surface area contributed by atoms with Crippen LogP contribution in [-0.2, 0) is 15.1 Å². The summed E-state index contributed by atoms with van der Waals surface area (Å²) in [4.78, 5) is 38.9. The summed E-state index contributed by atoms with van der Waals surface area (Å²) in [6, 6.07) is 7.06. The van der Waals surface area contributed by atoms with Crippen LogP contribution in [-0.4, -0.2) is 35.3 Å². The molecule has 0 aromatic heterocycles. The number of imide groups is 1. The predicted molar refractivity (Wildman–Crippen MR) is 103 cm³/mol. The van der Waals surface area contributed by atoms with Crippen LogP contribution >= 0.6 is 0 Å². The zero-order chi connectivity index (χ0) is 19.8. The van der Waals surface area contributed by atoms with E-state index in [2.05, 4.69) is 24.5 Å². The van der Waals surface area contributed by atoms with Crippen LogP contribution in [0.3, 0.4) is 0 Å². The van der Waals surface area contributed by atoms with Crippen LogP contribution in [0, 0.1) is 18.8 Å². The number of hydrogen-bond acceptors (Lipinski definition) is 3. The molecule has 0 spiro atoms. The summed E-state index contributed by atoms with van der Waals surface area (Å²) in [5.74, 6) is 0.281. The van der Waals surface area contributed by atoms with Crippen molar-refractivity contribution in [2.24, 2.45) is 11.8 Å². The Morgan fingerprint density at radius 1 is 1.22 bits per heavy atom. The fraction of sp³-hybridized carbons (Fsp3) is 0.571. The Hall–Kier alpha value is -2.37. The van der Waals surface area contributed by atoms with Gasteiger partial charge in [0.2, 0.25) is 5.91 Å². The number of carbonyl (C=O) groups is 3. The molecule has 1 heterocycles. The van der Waals surface area contributed by atoms with Crippen LogP contribution in [0.2, 0.25) is 0 Å². The van der Waals surface area contributed by atoms with Crippen molar-refractivity contribution in [3.05, 3.63) is 35.4 Å². The molecule has 0 bridgehead atoms. The number of nitrogens with one attached hydrogen (secondary N) is 2. The summed E-state index contributed by atoms with van der Waals surface area (Å²) in [7, 11) is 0. The van der Waals surface area contributed by atoms with Crippen molar-refractivity contribution in [2.75, 3.05) is 6.54 Å². The second-order valence-corrected chi connectivity index (χ2v) is 8.25. The van der Waals surface area contributed by atoms with E-state index >= 15 is 0 Å². The molecule has 6 heteroatoms. The average Bonchev–Trinajstić information content (AvgIpc) is 2.83. The van der Waals surface area contributed by atoms with Gasteiger partial charge in [-0.1, -0.05) is 56.5 Å². The van der Waals surface area contributed by atoms with Crippen molar-refractivity contribution < 1.29 is 14.4 Å². The largest absolute Gasteiger partial charge is 0.352 e. The molecule has 1 aromatic rings. The van der Waals surface area contributed by atoms with Crippen molar-refractivity contribution in [1.29, 1.82) is 0 Å². The SMILES string of the molecule is Cc1ccc([C@]2(C)NC(=O)N(CC(=O)N[C@H]3CCC[C@H](C)[C@@H]3C)C2=O)cc1. The maximum atomic E-state index is 12.9. The van der Waals surface area contributed by atoms with Crippen molar-refractivity contribution in [3.63, 3.8) is 0 Å². The fourth-order valence-corrected chi connectivity index (χ4v) is 4.10. The van der Waals surface area contributed by atoms with Crippen molar-refractivity contribution in [3.8, 4) is 0 Å². The summed E-state index contributed by atoms with van der Waals surface area (Å²) in [5, 5.41) is 5.78. The number of carbonyl (C=O) groups excluding carboxylic acids is 3. The second-order valence-electron chi connectivity index (χ2n) is 8.25. The first-order chi connectivity index (χ1) is 12.7. The molecule has 1 saturated heterocycles. The summed E-state index contributed by atoms with van der Waals surface area (Å²) in [5.41, 5.74) is 0.646. The fourth-order valence-electron chi connectivity index (χ4n) is 4.10. The van der Waals surface area contributed by atoms with E-state index in [-0.39, 0.29) is 18.5 Å². The molecule has 4 atom stereocenters. The molecule has 2 fully saturated rings. The molecular weight excluding hydrogens is 342 g/mol. The highest BCUT2D eigenvalue weighted by Gasteiger charge is 2.49. The molecule has 1 aliphatic heterocycles. The molecule has 0 radical (unpaired) electrons. The molecule has 1 saturated carbocycles. The van der Waals surface area contributed by atoms with Crippen LogP contribution in [0.5, 0.6) is 0 Å². The third-order valence-electron chi connectivity index (χ3n) is 6.26. The van der Waals surface area contributed by atoms with E-state index in [1.807, 2.05) is 31.2 Å². The molecular formula is C21H29N3O3. The van der Waals surface area contributed by atoms with Crippen molar-refractivity contribution in [2.45, 2.75) is 58.5 Å². The Balaban J connectivity index is 1.68. The smallest absolute Gasteiger partial charge is 0.325 e. The monoisotopic (exact) mass is 371 g/mol. The van der Waals surface area contributed by atoms with E-state index in [4.69, 9.17) is 0 Å². The molecule has 0 unspecified atom stereocenters. The molecule has 4 amide bonds. The number of aryl methyl sites for hydroxylation is 1. The molecule has 1 aliphatic carbocycles. The Bertz CT molecular complexity index is 746. The minimum Gasteiger partial charge on any atom is -0.352 e. The van der Waals surface area contributed by atoms with Crippen LogP contribution in [0.1, 0.15) is 51.2 Å². The Morgan fingerprint density at radius 2 is 1.89 bits per heavy atom. The van der Waals surface area contributed by atoms with Crippen molar-refractivity contribution in [1.82, 2.24) is 15.5 Å². The van der Waals surface area contributed by atoms with Gasteiger partial charge in [-0.25, -0.2) is 4.79 Å². The van der Waals surface area contributed by atoms with Gasteiger partial charge in [-0.2, -0.15) is 0 Å². The summed E-state index contributed by atoms with van der Waals surface area (Å²) in [6.45, 7) is 7.75. The van der Waals surface area contributed by atoms with E-state index in [1.54, 1.807) is 6.92 Å². The lowest BCUT2D eigenvalue weighted by Crippen LogP contribution is -2.48. The Labute approximate surface area is 160 Å². The van der Waals surface area contributed by atoms with E-state index in [0.717, 1.165) is 23.3 Å². The molecule has 1 aromatic carbocycles. The van der Waals surface area contributed by atoms with Gasteiger partial charge in [0, 0.05) is 6.04 Å². The summed E-state index contributed by atoms with van der Waals surface area (Å²) < 4.78 is 0. The van der Waals surface area contributed by atoms with Crippen LogP contribution in [0.15, 0.2) is 24.3 Å². The number of hydrogen-bond donors (Lipinski definition) is 2. The van der Waals surface area contributed by atoms with Gasteiger partial charge in [0.15, 0.2) is 0 Å². The van der Waals surface area contributed by atoms with Gasteiger partial charge in [-0.05, 0) is 37.7 Å². The highest BCUT2D eigenvalue weighted by atomic mass is 16.2. The zero-order valence-corrected chi connectivity index (χ0v) is 16.5. The topological polar surface area (TPSA) is 78.5 Å². The first kappa shape index (κ1) is 19.4. The molecule has 2 aliphatic rings. The third-order valence-corrected chi connectivity index (χ3v) is 6.26. The standard InChI is InChI=1S/C21H29N3O3/c1-13-8-10-16(11-9-13)21(4)19(26)24(20(27)23-21)12-18(25)22-17-7-5-6-14(2)15(17)3/h8-11,14-15,17H,5-7,12H2,1-4H3,(H,22,25)(H,23,27)/t14-,15-,17-,21-/m0/s1. The molecule has 146 valence electrons. The third kappa shape index (κ3) is 3.70. The van der Waals surface area contributed by atoms with Crippen molar-refractivity contribution >= 4 is 17.8 Å². The number of nitrogens with zero attached hydrogens (tertiary/aromatic N) is 1. The first-order valence-electron chi connectivity index (χ1n) is 9.73. The van der Waals surface area contributed by atoms with E-state index in [1.165, 1.54) is 6.42 Å². The highest BCUT2D eigenvalue weighted by Crippen LogP contribution is 2.30. The summed E-state index contributed by atoms with van der Waals surface area (Å²) in [6.07, 6.45) is 3.21. The lowest BCUT2D eigenvalue weighted by molar-refractivity contribution is -0.135. The maximum Gasteiger partial charge on any atom is 0.325 e. The van der Waals surface area contributed by atoms with E-state index in [0.29, 0.717) is 17.4 Å². The quantitative estimate of drug-likeness (QED) is 0.799. The van der Waals surface area contributed by atoms with E-state index < -0.39 is 17.5 Å². The Kier molecular flexibility index (Phi) is 5.27. The second kappa shape index (κ2) is 7.33. The normalized spacial score (nSPS) is 31.0. The average molecular weight is 371 g/mol. The van der Waals surface area contributed by atoms with Crippen LogP contribution in [0.25, 0.3) is 0 Å². The van der Waals surface area contributed by atoms with E-state index in [9.17, 15) is 14.4 Å². The van der Waals surface area contributed by atoms with Crippen LogP contribution in [0.4, 0.5) is 4.79 Å². The van der Waals surface area contributed by atoms with Gasteiger partial charge >= 0.3 is 6.03 Å². The lowest BCUT2D eigenvalue weighted by atomic mass is 9.78. The molecule has 27 heavy (non-hydrogen) atoms. The zero-order valence-electron chi connectivity index (χ0n) is 16.5. The van der Waals surface area contributed by atoms with Gasteiger partial charge in [-0.3, -0.25) is 14.5 Å². The highest BCUT2D eigenvalue weighted by molar-refractivity contribution is 6.09. The molecule has 2 N–H and O–H groups in total. The molecule has 6 nitrogen and oxygen atoms in total. The van der Waals surface area contributed by atoms with Crippen LogP contribution < -0.4 is 10.6 Å². The number of urea groups is 1. The van der Waals surface area contributed by atoms with Gasteiger partial charge in [-0.15, -0.1) is 0 Å². The molecule has 3 rings (SSSR count). The first-order valence-corrected chi connectivity index (χ1v) is 9.73. The van der Waals surface area contributed by atoms with Gasteiger partial charge < -0.3 is 10.6 Å².